The third kappa shape index (κ3) is 1.09. The molecule has 3 aliphatic heterocycles. The van der Waals surface area contributed by atoms with Crippen molar-refractivity contribution in [1.29, 1.82) is 0 Å². The molecule has 4 atom stereocenters. The van der Waals surface area contributed by atoms with Crippen molar-refractivity contribution < 1.29 is 23.7 Å². The van der Waals surface area contributed by atoms with Crippen LogP contribution in [0.5, 0.6) is 0 Å². The summed E-state index contributed by atoms with van der Waals surface area (Å²) < 4.78 is 21.8. The van der Waals surface area contributed by atoms with Gasteiger partial charge in [-0.2, -0.15) is 0 Å². The maximum atomic E-state index is 11.0. The number of carbonyl (C=O) groups excluding carboxylic acids is 1. The van der Waals surface area contributed by atoms with Gasteiger partial charge in [-0.25, -0.2) is 0 Å². The Labute approximate surface area is 81.3 Å². The molecule has 0 unspecified atom stereocenters. The number of carbonyl (C=O) groups is 1. The van der Waals surface area contributed by atoms with Crippen molar-refractivity contribution in [3.05, 3.63) is 0 Å². The second-order valence-electron chi connectivity index (χ2n) is 4.30. The summed E-state index contributed by atoms with van der Waals surface area (Å²) in [4.78, 5) is 11.0. The van der Waals surface area contributed by atoms with E-state index in [9.17, 15) is 4.79 Å². The minimum atomic E-state index is -0.644. The van der Waals surface area contributed by atoms with E-state index in [1.54, 1.807) is 0 Å². The molecule has 5 heteroatoms. The van der Waals surface area contributed by atoms with Crippen LogP contribution in [-0.4, -0.2) is 36.4 Å². The first-order valence-electron chi connectivity index (χ1n) is 4.76. The van der Waals surface area contributed by atoms with Crippen LogP contribution in [0.25, 0.3) is 0 Å². The molecule has 78 valence electrons. The fourth-order valence-electron chi connectivity index (χ4n) is 2.22. The number of ether oxygens (including phenoxy) is 4. The molecule has 0 radical (unpaired) electrons. The molecule has 3 heterocycles. The Hall–Kier alpha value is -0.650. The Balaban J connectivity index is 1.81. The van der Waals surface area contributed by atoms with E-state index in [1.165, 1.54) is 0 Å². The van der Waals surface area contributed by atoms with E-state index in [-0.39, 0.29) is 30.6 Å². The second-order valence-corrected chi connectivity index (χ2v) is 4.30. The summed E-state index contributed by atoms with van der Waals surface area (Å²) in [5.41, 5.74) is 0. The summed E-state index contributed by atoms with van der Waals surface area (Å²) in [6.45, 7) is 3.64. The molecule has 0 aliphatic carbocycles. The molecule has 3 aliphatic rings. The van der Waals surface area contributed by atoms with Gasteiger partial charge in [0.1, 0.15) is 6.10 Å². The molecule has 14 heavy (non-hydrogen) atoms. The van der Waals surface area contributed by atoms with E-state index >= 15 is 0 Å². The van der Waals surface area contributed by atoms with Crippen molar-refractivity contribution >= 4 is 5.97 Å². The first kappa shape index (κ1) is 8.64. The maximum absolute atomic E-state index is 11.0. The largest absolute Gasteiger partial charge is 0.456 e. The smallest absolute Gasteiger partial charge is 0.309 e. The van der Waals surface area contributed by atoms with Gasteiger partial charge >= 0.3 is 5.97 Å². The minimum absolute atomic E-state index is 0.186. The third-order valence-electron chi connectivity index (χ3n) is 2.72. The Morgan fingerprint density at radius 3 is 2.86 bits per heavy atom. The van der Waals surface area contributed by atoms with Gasteiger partial charge in [-0.3, -0.25) is 4.79 Å². The van der Waals surface area contributed by atoms with Crippen molar-refractivity contribution in [1.82, 2.24) is 0 Å². The molecule has 3 fully saturated rings. The number of esters is 1. The molecule has 5 nitrogen and oxygen atoms in total. The van der Waals surface area contributed by atoms with Crippen LogP contribution in [0.1, 0.15) is 20.3 Å². The van der Waals surface area contributed by atoms with Crippen molar-refractivity contribution in [3.63, 3.8) is 0 Å². The molecule has 0 amide bonds. The van der Waals surface area contributed by atoms with Crippen LogP contribution in [0.4, 0.5) is 0 Å². The normalized spacial score (nSPS) is 48.9. The fraction of sp³-hybridized carbons (Fsp3) is 0.889. The maximum Gasteiger partial charge on any atom is 0.309 e. The highest BCUT2D eigenvalue weighted by Gasteiger charge is 2.59. The van der Waals surface area contributed by atoms with E-state index in [4.69, 9.17) is 18.9 Å². The summed E-state index contributed by atoms with van der Waals surface area (Å²) in [6, 6.07) is 0. The fourth-order valence-corrected chi connectivity index (χ4v) is 2.22. The standard InChI is InChI=1S/C9H12O5/c1-9(2)13-7-6-4(3-5(10)12-6)11-8(7)14-9/h4,6-8H,3H2,1-2H3/t4-,6+,7-,8-/m0/s1. The lowest BCUT2D eigenvalue weighted by atomic mass is 10.1. The highest BCUT2D eigenvalue weighted by atomic mass is 16.8. The molecule has 3 saturated heterocycles. The van der Waals surface area contributed by atoms with E-state index in [2.05, 4.69) is 0 Å². The molecule has 0 aromatic carbocycles. The van der Waals surface area contributed by atoms with Crippen LogP contribution >= 0.6 is 0 Å². The van der Waals surface area contributed by atoms with Crippen molar-refractivity contribution in [3.8, 4) is 0 Å². The minimum Gasteiger partial charge on any atom is -0.456 e. The number of hydrogen-bond donors (Lipinski definition) is 0. The van der Waals surface area contributed by atoms with Gasteiger partial charge in [0.2, 0.25) is 0 Å². The number of fused-ring (bicyclic) bond motifs is 3. The average molecular weight is 200 g/mol. The van der Waals surface area contributed by atoms with E-state index in [0.29, 0.717) is 6.42 Å². The first-order valence-corrected chi connectivity index (χ1v) is 4.76. The van der Waals surface area contributed by atoms with E-state index in [1.807, 2.05) is 13.8 Å². The van der Waals surface area contributed by atoms with Crippen LogP contribution < -0.4 is 0 Å². The molecule has 0 aromatic rings. The van der Waals surface area contributed by atoms with Gasteiger partial charge < -0.3 is 18.9 Å². The zero-order valence-corrected chi connectivity index (χ0v) is 8.06. The zero-order valence-electron chi connectivity index (χ0n) is 8.06. The monoisotopic (exact) mass is 200 g/mol. The first-order chi connectivity index (χ1) is 6.55. The molecule has 0 bridgehead atoms. The van der Waals surface area contributed by atoms with Gasteiger partial charge in [0.05, 0.1) is 6.42 Å². The predicted molar refractivity (Wildman–Crippen MR) is 43.2 cm³/mol. The highest BCUT2D eigenvalue weighted by molar-refractivity contribution is 5.73. The quantitative estimate of drug-likeness (QED) is 0.522. The lowest BCUT2D eigenvalue weighted by molar-refractivity contribution is -0.209. The SMILES string of the molecule is CC1(C)O[C@@H]2O[C@H]3CC(=O)O[C@H]3[C@@H]2O1. The number of hydrogen-bond acceptors (Lipinski definition) is 5. The molecule has 0 aromatic heterocycles. The van der Waals surface area contributed by atoms with Crippen LogP contribution in [0.15, 0.2) is 0 Å². The molecular weight excluding hydrogens is 188 g/mol. The highest BCUT2D eigenvalue weighted by Crippen LogP contribution is 2.41. The summed E-state index contributed by atoms with van der Waals surface area (Å²) in [5, 5.41) is 0. The van der Waals surface area contributed by atoms with Crippen LogP contribution in [0.3, 0.4) is 0 Å². The molecule has 0 saturated carbocycles. The summed E-state index contributed by atoms with van der Waals surface area (Å²) in [7, 11) is 0. The summed E-state index contributed by atoms with van der Waals surface area (Å²) >= 11 is 0. The van der Waals surface area contributed by atoms with Gasteiger partial charge in [-0.15, -0.1) is 0 Å². The Morgan fingerprint density at radius 2 is 2.07 bits per heavy atom. The van der Waals surface area contributed by atoms with Crippen LogP contribution in [-0.2, 0) is 23.7 Å². The van der Waals surface area contributed by atoms with Gasteiger partial charge in [0, 0.05) is 0 Å². The summed E-state index contributed by atoms with van der Waals surface area (Å²) in [6.07, 6.45) is -0.803. The van der Waals surface area contributed by atoms with Crippen molar-refractivity contribution in [2.75, 3.05) is 0 Å². The average Bonchev–Trinajstić information content (AvgIpc) is 2.58. The lowest BCUT2D eigenvalue weighted by Gasteiger charge is -2.20. The van der Waals surface area contributed by atoms with Gasteiger partial charge in [0.15, 0.2) is 24.3 Å². The number of rotatable bonds is 0. The van der Waals surface area contributed by atoms with Gasteiger partial charge in [-0.05, 0) is 13.8 Å². The van der Waals surface area contributed by atoms with Gasteiger partial charge in [0.25, 0.3) is 0 Å². The Bertz CT molecular complexity index is 287. The van der Waals surface area contributed by atoms with E-state index in [0.717, 1.165) is 0 Å². The van der Waals surface area contributed by atoms with Gasteiger partial charge in [-0.1, -0.05) is 0 Å². The lowest BCUT2D eigenvalue weighted by Crippen LogP contribution is -2.32. The third-order valence-corrected chi connectivity index (χ3v) is 2.72. The second kappa shape index (κ2) is 2.48. The Morgan fingerprint density at radius 1 is 1.29 bits per heavy atom. The molecule has 0 spiro atoms. The summed E-state index contributed by atoms with van der Waals surface area (Å²) in [5.74, 6) is -0.860. The van der Waals surface area contributed by atoms with E-state index < -0.39 is 5.79 Å². The molecule has 3 rings (SSSR count). The predicted octanol–water partition coefficient (Wildman–Crippen LogP) is 0.178. The zero-order chi connectivity index (χ0) is 9.92. The topological polar surface area (TPSA) is 54.0 Å². The Kier molecular flexibility index (Phi) is 1.53. The molecular formula is C9H12O5. The van der Waals surface area contributed by atoms with Crippen LogP contribution in [0.2, 0.25) is 0 Å². The molecule has 0 N–H and O–H groups in total. The van der Waals surface area contributed by atoms with Crippen LogP contribution in [0, 0.1) is 0 Å². The van der Waals surface area contributed by atoms with Crippen molar-refractivity contribution in [2.24, 2.45) is 0 Å². The van der Waals surface area contributed by atoms with Crippen molar-refractivity contribution in [2.45, 2.75) is 50.7 Å².